The van der Waals surface area contributed by atoms with Gasteiger partial charge in [-0.05, 0) is 68.0 Å². The summed E-state index contributed by atoms with van der Waals surface area (Å²) in [7, 11) is 0. The molecule has 0 fully saturated rings. The van der Waals surface area contributed by atoms with E-state index in [0.29, 0.717) is 11.3 Å². The van der Waals surface area contributed by atoms with Crippen LogP contribution in [0.25, 0.3) is 6.08 Å². The minimum atomic E-state index is -0.460. The second-order valence-electron chi connectivity index (χ2n) is 8.89. The van der Waals surface area contributed by atoms with Gasteiger partial charge in [0.2, 0.25) is 5.91 Å². The first-order chi connectivity index (χ1) is 18.9. The minimum Gasteiger partial charge on any atom is -0.325 e. The molecule has 1 unspecified atom stereocenters. The van der Waals surface area contributed by atoms with Gasteiger partial charge in [-0.25, -0.2) is 0 Å². The summed E-state index contributed by atoms with van der Waals surface area (Å²) in [6, 6.07) is 32.9. The highest BCUT2D eigenvalue weighted by molar-refractivity contribution is 8.00. The third-order valence-electron chi connectivity index (χ3n) is 5.70. The Hall–Kier alpha value is -4.62. The highest BCUT2D eigenvalue weighted by Gasteiger charge is 2.17. The van der Waals surface area contributed by atoms with Gasteiger partial charge in [-0.2, -0.15) is 0 Å². The molecule has 0 bridgehead atoms. The fraction of sp³-hybridized carbons (Fsp3) is 0.0938. The standard InChI is InChI=1S/C32H29N3O3S/c1-22-11-9-12-24(19-22)20-29(35-31(37)25-13-5-3-6-14-25)32(38)34-27-17-10-18-28(21-27)39-23(2)30(36)33-26-15-7-4-8-16-26/h3-21,23H,1-2H3,(H,33,36)(H,34,38)(H,35,37)/b29-20+. The van der Waals surface area contributed by atoms with Crippen LogP contribution in [0.4, 0.5) is 11.4 Å². The van der Waals surface area contributed by atoms with Crippen LogP contribution in [-0.4, -0.2) is 23.0 Å². The SMILES string of the molecule is Cc1cccc(/C=C(/NC(=O)c2ccccc2)C(=O)Nc2cccc(SC(C)C(=O)Nc3ccccc3)c2)c1. The fourth-order valence-corrected chi connectivity index (χ4v) is 4.66. The lowest BCUT2D eigenvalue weighted by Crippen LogP contribution is -2.30. The van der Waals surface area contributed by atoms with Crippen LogP contribution in [0, 0.1) is 6.92 Å². The van der Waals surface area contributed by atoms with Gasteiger partial charge in [0.1, 0.15) is 5.70 Å². The number of thioether (sulfide) groups is 1. The number of nitrogens with one attached hydrogen (secondary N) is 3. The van der Waals surface area contributed by atoms with Crippen LogP contribution in [-0.2, 0) is 9.59 Å². The molecule has 1 atom stereocenters. The van der Waals surface area contributed by atoms with Crippen molar-refractivity contribution in [2.75, 3.05) is 10.6 Å². The van der Waals surface area contributed by atoms with Crippen LogP contribution in [0.3, 0.4) is 0 Å². The smallest absolute Gasteiger partial charge is 0.272 e. The van der Waals surface area contributed by atoms with Gasteiger partial charge >= 0.3 is 0 Å². The summed E-state index contributed by atoms with van der Waals surface area (Å²) in [6.45, 7) is 3.79. The van der Waals surface area contributed by atoms with Crippen molar-refractivity contribution >= 4 is 46.9 Å². The predicted molar refractivity (Wildman–Crippen MR) is 159 cm³/mol. The summed E-state index contributed by atoms with van der Waals surface area (Å²) >= 11 is 1.39. The van der Waals surface area contributed by atoms with E-state index < -0.39 is 5.91 Å². The maximum atomic E-state index is 13.3. The van der Waals surface area contributed by atoms with Crippen molar-refractivity contribution in [3.05, 3.63) is 132 Å². The molecule has 3 N–H and O–H groups in total. The molecule has 4 aromatic rings. The summed E-state index contributed by atoms with van der Waals surface area (Å²) in [5, 5.41) is 8.18. The van der Waals surface area contributed by atoms with E-state index in [1.54, 1.807) is 42.5 Å². The van der Waals surface area contributed by atoms with Gasteiger partial charge < -0.3 is 16.0 Å². The molecule has 0 heterocycles. The van der Waals surface area contributed by atoms with Crippen LogP contribution < -0.4 is 16.0 Å². The first kappa shape index (κ1) is 27.4. The monoisotopic (exact) mass is 535 g/mol. The van der Waals surface area contributed by atoms with Crippen LogP contribution in [0.1, 0.15) is 28.4 Å². The zero-order valence-corrected chi connectivity index (χ0v) is 22.5. The maximum absolute atomic E-state index is 13.3. The van der Waals surface area contributed by atoms with Crippen molar-refractivity contribution < 1.29 is 14.4 Å². The van der Waals surface area contributed by atoms with Crippen LogP contribution >= 0.6 is 11.8 Å². The molecule has 0 aromatic heterocycles. The van der Waals surface area contributed by atoms with Crippen molar-refractivity contribution in [3.8, 4) is 0 Å². The molecule has 3 amide bonds. The van der Waals surface area contributed by atoms with E-state index in [9.17, 15) is 14.4 Å². The molecule has 39 heavy (non-hydrogen) atoms. The van der Waals surface area contributed by atoms with Gasteiger partial charge in [0.15, 0.2) is 0 Å². The molecule has 7 heteroatoms. The molecule has 196 valence electrons. The number of hydrogen-bond donors (Lipinski definition) is 3. The summed E-state index contributed by atoms with van der Waals surface area (Å²) in [5.41, 5.74) is 3.67. The molecule has 0 aliphatic heterocycles. The van der Waals surface area contributed by atoms with Crippen molar-refractivity contribution in [2.24, 2.45) is 0 Å². The Morgan fingerprint density at radius 3 is 2.13 bits per heavy atom. The average Bonchev–Trinajstić information content (AvgIpc) is 2.94. The Bertz CT molecular complexity index is 1490. The second-order valence-corrected chi connectivity index (χ2v) is 10.3. The van der Waals surface area contributed by atoms with Gasteiger partial charge in [0.25, 0.3) is 11.8 Å². The Kier molecular flexibility index (Phi) is 9.32. The lowest BCUT2D eigenvalue weighted by Gasteiger charge is -2.14. The molecule has 4 aromatic carbocycles. The molecule has 0 radical (unpaired) electrons. The topological polar surface area (TPSA) is 87.3 Å². The number of carbonyl (C=O) groups is 3. The van der Waals surface area contributed by atoms with Crippen LogP contribution in [0.5, 0.6) is 0 Å². The highest BCUT2D eigenvalue weighted by atomic mass is 32.2. The first-order valence-corrected chi connectivity index (χ1v) is 13.3. The summed E-state index contributed by atoms with van der Waals surface area (Å²) < 4.78 is 0. The Morgan fingerprint density at radius 1 is 0.744 bits per heavy atom. The molecule has 0 aliphatic carbocycles. The fourth-order valence-electron chi connectivity index (χ4n) is 3.74. The van der Waals surface area contributed by atoms with E-state index in [2.05, 4.69) is 16.0 Å². The molecule has 0 saturated heterocycles. The quantitative estimate of drug-likeness (QED) is 0.168. The molecule has 0 saturated carbocycles. The summed E-state index contributed by atoms with van der Waals surface area (Å²) in [4.78, 5) is 39.7. The first-order valence-electron chi connectivity index (χ1n) is 12.5. The number of amides is 3. The number of carbonyl (C=O) groups excluding carboxylic acids is 3. The van der Waals surface area contributed by atoms with E-state index in [1.807, 2.05) is 86.6 Å². The molecular weight excluding hydrogens is 506 g/mol. The lowest BCUT2D eigenvalue weighted by atomic mass is 10.1. The van der Waals surface area contributed by atoms with E-state index in [1.165, 1.54) is 11.8 Å². The molecule has 4 rings (SSSR count). The predicted octanol–water partition coefficient (Wildman–Crippen LogP) is 6.52. The van der Waals surface area contributed by atoms with Gasteiger partial charge in [-0.3, -0.25) is 14.4 Å². The van der Waals surface area contributed by atoms with Crippen molar-refractivity contribution in [1.29, 1.82) is 0 Å². The number of aryl methyl sites for hydroxylation is 1. The largest absolute Gasteiger partial charge is 0.325 e. The zero-order chi connectivity index (χ0) is 27.6. The van der Waals surface area contributed by atoms with E-state index in [0.717, 1.165) is 21.7 Å². The van der Waals surface area contributed by atoms with E-state index in [-0.39, 0.29) is 22.8 Å². The Morgan fingerprint density at radius 2 is 1.41 bits per heavy atom. The summed E-state index contributed by atoms with van der Waals surface area (Å²) in [5.74, 6) is -0.961. The molecule has 0 spiro atoms. The third kappa shape index (κ3) is 8.18. The molecular formula is C32H29N3O3S. The highest BCUT2D eigenvalue weighted by Crippen LogP contribution is 2.27. The Balaban J connectivity index is 1.48. The van der Waals surface area contributed by atoms with Gasteiger partial charge in [-0.1, -0.05) is 72.3 Å². The Labute approximate surface area is 232 Å². The second kappa shape index (κ2) is 13.3. The van der Waals surface area contributed by atoms with Crippen molar-refractivity contribution in [1.82, 2.24) is 5.32 Å². The summed E-state index contributed by atoms with van der Waals surface area (Å²) in [6.07, 6.45) is 1.65. The number of benzene rings is 4. The van der Waals surface area contributed by atoms with Crippen molar-refractivity contribution in [3.63, 3.8) is 0 Å². The van der Waals surface area contributed by atoms with Crippen LogP contribution in [0.15, 0.2) is 120 Å². The van der Waals surface area contributed by atoms with Crippen LogP contribution in [0.2, 0.25) is 0 Å². The normalized spacial score (nSPS) is 11.8. The number of para-hydroxylation sites is 1. The third-order valence-corrected chi connectivity index (χ3v) is 6.79. The molecule has 0 aliphatic rings. The average molecular weight is 536 g/mol. The minimum absolute atomic E-state index is 0.114. The van der Waals surface area contributed by atoms with E-state index in [4.69, 9.17) is 0 Å². The lowest BCUT2D eigenvalue weighted by molar-refractivity contribution is -0.115. The molecule has 6 nitrogen and oxygen atoms in total. The van der Waals surface area contributed by atoms with Crippen molar-refractivity contribution in [2.45, 2.75) is 24.0 Å². The zero-order valence-electron chi connectivity index (χ0n) is 21.7. The maximum Gasteiger partial charge on any atom is 0.272 e. The number of hydrogen-bond acceptors (Lipinski definition) is 4. The van der Waals surface area contributed by atoms with E-state index >= 15 is 0 Å². The van der Waals surface area contributed by atoms with Gasteiger partial charge in [0.05, 0.1) is 5.25 Å². The van der Waals surface area contributed by atoms with Gasteiger partial charge in [0, 0.05) is 21.8 Å². The van der Waals surface area contributed by atoms with Gasteiger partial charge in [-0.15, -0.1) is 11.8 Å². The number of anilines is 2. The number of rotatable bonds is 9.